The van der Waals surface area contributed by atoms with Crippen molar-refractivity contribution in [2.45, 2.75) is 57.7 Å². The third-order valence-electron chi connectivity index (χ3n) is 7.69. The van der Waals surface area contributed by atoms with E-state index in [0.717, 1.165) is 37.1 Å². The minimum atomic E-state index is -0.854. The Morgan fingerprint density at radius 1 is 1.16 bits per heavy atom. The summed E-state index contributed by atoms with van der Waals surface area (Å²) >= 11 is 0. The molecule has 0 spiro atoms. The van der Waals surface area contributed by atoms with Crippen LogP contribution in [0.15, 0.2) is 30.3 Å². The Morgan fingerprint density at radius 2 is 1.82 bits per heavy atom. The number of carbonyl (C=O) groups excluding carboxylic acids is 1. The average molecular weight is 527 g/mol. The van der Waals surface area contributed by atoms with Crippen molar-refractivity contribution in [1.82, 2.24) is 19.8 Å². The molecule has 5 rings (SSSR count). The number of carbonyl (C=O) groups is 2. The molecule has 2 atom stereocenters. The molecule has 0 bridgehead atoms. The molecule has 2 N–H and O–H groups in total. The summed E-state index contributed by atoms with van der Waals surface area (Å²) in [5.74, 6) is 0.243. The second kappa shape index (κ2) is 10.4. The maximum atomic E-state index is 14.4. The zero-order valence-electron chi connectivity index (χ0n) is 22.1. The second-order valence-corrected chi connectivity index (χ2v) is 11.1. The molecule has 1 aromatic heterocycles. The Kier molecular flexibility index (Phi) is 7.13. The first-order valence-electron chi connectivity index (χ1n) is 13.2. The predicted molar refractivity (Wildman–Crippen MR) is 140 cm³/mol. The summed E-state index contributed by atoms with van der Waals surface area (Å²) in [7, 11) is 0. The number of hydrogen-bond donors (Lipinski definition) is 2. The predicted octanol–water partition coefficient (Wildman–Crippen LogP) is 4.66. The molecule has 2 saturated heterocycles. The van der Waals surface area contributed by atoms with Crippen molar-refractivity contribution in [2.24, 2.45) is 5.92 Å². The summed E-state index contributed by atoms with van der Waals surface area (Å²) in [6, 6.07) is 9.56. The Labute approximate surface area is 221 Å². The van der Waals surface area contributed by atoms with Gasteiger partial charge in [-0.25, -0.2) is 9.59 Å². The van der Waals surface area contributed by atoms with Gasteiger partial charge in [0.25, 0.3) is 0 Å². The molecule has 3 aliphatic rings. The van der Waals surface area contributed by atoms with Gasteiger partial charge in [0.05, 0.1) is 11.6 Å². The minimum Gasteiger partial charge on any atom is -0.465 e. The van der Waals surface area contributed by atoms with Crippen molar-refractivity contribution in [3.05, 3.63) is 47.4 Å². The molecule has 204 valence electrons. The molecule has 1 saturated carbocycles. The fraction of sp³-hybridized carbons (Fsp3) is 0.556. The molecule has 1 aliphatic carbocycles. The van der Waals surface area contributed by atoms with Crippen molar-refractivity contribution >= 4 is 24.0 Å². The summed E-state index contributed by atoms with van der Waals surface area (Å²) in [4.78, 5) is 37.1. The highest BCUT2D eigenvalue weighted by molar-refractivity contribution is 5.90. The number of benzene rings is 1. The second-order valence-electron chi connectivity index (χ2n) is 11.1. The van der Waals surface area contributed by atoms with E-state index in [1.807, 2.05) is 20.8 Å². The van der Waals surface area contributed by atoms with Crippen LogP contribution in [0.25, 0.3) is 0 Å². The summed E-state index contributed by atoms with van der Waals surface area (Å²) in [5.41, 5.74) is 1.56. The van der Waals surface area contributed by atoms with Crippen LogP contribution in [0.2, 0.25) is 0 Å². The lowest BCUT2D eigenvalue weighted by molar-refractivity contribution is 0.0805. The normalized spacial score (nSPS) is 21.2. The number of halogens is 1. The van der Waals surface area contributed by atoms with Gasteiger partial charge in [0.2, 0.25) is 11.9 Å². The summed E-state index contributed by atoms with van der Waals surface area (Å²) in [6.45, 7) is 8.31. The quantitative estimate of drug-likeness (QED) is 0.478. The van der Waals surface area contributed by atoms with Crippen LogP contribution in [0.5, 0.6) is 0 Å². The van der Waals surface area contributed by atoms with Gasteiger partial charge in [-0.15, -0.1) is 0 Å². The van der Waals surface area contributed by atoms with Gasteiger partial charge in [-0.1, -0.05) is 37.1 Å². The van der Waals surface area contributed by atoms with Gasteiger partial charge >= 0.3 is 12.2 Å². The van der Waals surface area contributed by atoms with Crippen molar-refractivity contribution in [3.63, 3.8) is 0 Å². The zero-order chi connectivity index (χ0) is 27.0. The van der Waals surface area contributed by atoms with Crippen LogP contribution in [0.1, 0.15) is 63.2 Å². The molecule has 1 aromatic carbocycles. The third-order valence-corrected chi connectivity index (χ3v) is 7.69. The molecule has 38 heavy (non-hydrogen) atoms. The lowest BCUT2D eigenvalue weighted by atomic mass is 9.96. The smallest absolute Gasteiger partial charge is 0.416 e. The number of ether oxygens (including phenoxy) is 1. The van der Waals surface area contributed by atoms with Crippen molar-refractivity contribution < 1.29 is 23.8 Å². The first-order chi connectivity index (χ1) is 18.1. The van der Waals surface area contributed by atoms with Crippen LogP contribution < -0.4 is 10.2 Å². The van der Waals surface area contributed by atoms with E-state index in [1.54, 1.807) is 0 Å². The zero-order valence-corrected chi connectivity index (χ0v) is 22.1. The molecular formula is C27H35FN6O4. The number of carboxylic acid groups (broad SMARTS) is 1. The number of anilines is 2. The highest BCUT2D eigenvalue weighted by Crippen LogP contribution is 2.40. The van der Waals surface area contributed by atoms with Crippen LogP contribution >= 0.6 is 0 Å². The van der Waals surface area contributed by atoms with E-state index in [9.17, 15) is 19.1 Å². The minimum absolute atomic E-state index is 0.0926. The molecule has 3 heterocycles. The van der Waals surface area contributed by atoms with Gasteiger partial charge in [0, 0.05) is 38.3 Å². The highest BCUT2D eigenvalue weighted by atomic mass is 19.1. The fourth-order valence-corrected chi connectivity index (χ4v) is 5.28. The maximum absolute atomic E-state index is 14.4. The molecule has 0 radical (unpaired) electrons. The van der Waals surface area contributed by atoms with Gasteiger partial charge in [-0.2, -0.15) is 14.4 Å². The van der Waals surface area contributed by atoms with E-state index < -0.39 is 23.7 Å². The summed E-state index contributed by atoms with van der Waals surface area (Å²) in [6.07, 6.45) is 2.18. The van der Waals surface area contributed by atoms with Gasteiger partial charge in [0.15, 0.2) is 0 Å². The molecule has 10 nitrogen and oxygen atoms in total. The first-order valence-corrected chi connectivity index (χ1v) is 13.2. The Hall–Kier alpha value is -3.47. The van der Waals surface area contributed by atoms with E-state index in [-0.39, 0.29) is 30.5 Å². The molecule has 1 unspecified atom stereocenters. The lowest BCUT2D eigenvalue weighted by Gasteiger charge is -2.38. The first kappa shape index (κ1) is 26.1. The Bertz CT molecular complexity index is 1180. The topological polar surface area (TPSA) is 111 Å². The van der Waals surface area contributed by atoms with Crippen molar-refractivity contribution in [2.75, 3.05) is 43.0 Å². The van der Waals surface area contributed by atoms with Gasteiger partial charge in [-0.3, -0.25) is 9.80 Å². The SMILES string of the molecule is C[C@H](Nc1nc(F)cc(N2C(=O)OCC2(C)C)n1)c1ccc(C(CC2CC2)N2CCN(C(=O)O)CC2)cc1. The molecule has 3 fully saturated rings. The largest absolute Gasteiger partial charge is 0.465 e. The monoisotopic (exact) mass is 526 g/mol. The molecule has 11 heteroatoms. The standard InChI is InChI=1S/C27H35FN6O4/c1-17(29-24-30-22(28)15-23(31-24)34-26(37)38-16-27(34,2)3)19-6-8-20(9-7-19)21(14-18-4-5-18)32-10-12-33(13-11-32)25(35)36/h6-9,15,17-18,21H,4-5,10-14,16H2,1-3H3,(H,35,36)(H,29,30,31)/t17-,21?/m0/s1. The number of hydrogen-bond acceptors (Lipinski definition) is 7. The van der Waals surface area contributed by atoms with Crippen LogP contribution in [0.3, 0.4) is 0 Å². The van der Waals surface area contributed by atoms with E-state index in [2.05, 4.69) is 44.5 Å². The van der Waals surface area contributed by atoms with Crippen LogP contribution in [-0.4, -0.2) is 75.4 Å². The number of nitrogens with one attached hydrogen (secondary N) is 1. The molecule has 2 amide bonds. The Balaban J connectivity index is 1.29. The third kappa shape index (κ3) is 5.67. The van der Waals surface area contributed by atoms with Crippen LogP contribution in [0.4, 0.5) is 25.7 Å². The Morgan fingerprint density at radius 3 is 2.39 bits per heavy atom. The number of amides is 2. The molecule has 2 aliphatic heterocycles. The number of nitrogens with zero attached hydrogens (tertiary/aromatic N) is 5. The summed E-state index contributed by atoms with van der Waals surface area (Å²) in [5, 5.41) is 12.5. The number of rotatable bonds is 8. The van der Waals surface area contributed by atoms with E-state index >= 15 is 0 Å². The van der Waals surface area contributed by atoms with Crippen molar-refractivity contribution in [1.29, 1.82) is 0 Å². The number of piperazine rings is 1. The number of cyclic esters (lactones) is 1. The lowest BCUT2D eigenvalue weighted by Crippen LogP contribution is -2.49. The van der Waals surface area contributed by atoms with Gasteiger partial charge in [0.1, 0.15) is 12.4 Å². The van der Waals surface area contributed by atoms with Gasteiger partial charge in [-0.05, 0) is 44.2 Å². The van der Waals surface area contributed by atoms with Crippen molar-refractivity contribution in [3.8, 4) is 0 Å². The van der Waals surface area contributed by atoms with Crippen LogP contribution in [0, 0.1) is 11.9 Å². The fourth-order valence-electron chi connectivity index (χ4n) is 5.28. The van der Waals surface area contributed by atoms with E-state index in [0.29, 0.717) is 13.1 Å². The summed E-state index contributed by atoms with van der Waals surface area (Å²) < 4.78 is 19.5. The number of aromatic nitrogens is 2. The average Bonchev–Trinajstić information content (AvgIpc) is 3.65. The van der Waals surface area contributed by atoms with E-state index in [4.69, 9.17) is 4.74 Å². The molecular weight excluding hydrogens is 491 g/mol. The molecule has 2 aromatic rings. The van der Waals surface area contributed by atoms with Gasteiger partial charge < -0.3 is 20.1 Å². The highest BCUT2D eigenvalue weighted by Gasteiger charge is 2.42. The maximum Gasteiger partial charge on any atom is 0.416 e. The van der Waals surface area contributed by atoms with Crippen LogP contribution in [-0.2, 0) is 4.74 Å². The van der Waals surface area contributed by atoms with E-state index in [1.165, 1.54) is 28.2 Å².